The number of imidazole rings is 1. The highest BCUT2D eigenvalue weighted by Crippen LogP contribution is 2.22. The number of carbonyl (C=O) groups is 1. The van der Waals surface area contributed by atoms with Crippen molar-refractivity contribution in [2.45, 2.75) is 38.1 Å². The number of aryl methyl sites for hydroxylation is 1. The third-order valence-corrected chi connectivity index (χ3v) is 4.17. The number of hydrogen-bond acceptors (Lipinski definition) is 5. The van der Waals surface area contributed by atoms with E-state index in [9.17, 15) is 4.79 Å². The highest BCUT2D eigenvalue weighted by atomic mass is 16.5. The number of aromatic nitrogens is 4. The first-order valence-corrected chi connectivity index (χ1v) is 7.87. The lowest BCUT2D eigenvalue weighted by molar-refractivity contribution is 0.0918. The van der Waals surface area contributed by atoms with Crippen molar-refractivity contribution in [2.24, 2.45) is 7.05 Å². The van der Waals surface area contributed by atoms with Gasteiger partial charge in [-0.3, -0.25) is 4.79 Å². The van der Waals surface area contributed by atoms with E-state index >= 15 is 0 Å². The second-order valence-electron chi connectivity index (χ2n) is 5.81. The lowest BCUT2D eigenvalue weighted by Gasteiger charge is -2.22. The van der Waals surface area contributed by atoms with Gasteiger partial charge in [-0.2, -0.15) is 0 Å². The molecule has 0 unspecified atom stereocenters. The average molecular weight is 315 g/mol. The number of carbonyl (C=O) groups excluding carboxylic acids is 1. The Morgan fingerprint density at radius 3 is 2.74 bits per heavy atom. The highest BCUT2D eigenvalue weighted by Gasteiger charge is 2.22. The van der Waals surface area contributed by atoms with Crippen molar-refractivity contribution in [3.05, 3.63) is 24.4 Å². The number of ether oxygens (including phenoxy) is 1. The number of hydrogen-bond donors (Lipinski definition) is 1. The van der Waals surface area contributed by atoms with Gasteiger partial charge in [0, 0.05) is 13.1 Å². The zero-order chi connectivity index (χ0) is 16.2. The standard InChI is InChI=1S/C16H21N5O2/c1-21-10-17-9-13(21)12-8-18-16(23-2)14(20-12)15(22)19-11-6-4-3-5-7-11/h8-11H,3-7H2,1-2H3,(H,19,22). The van der Waals surface area contributed by atoms with Gasteiger partial charge in [-0.05, 0) is 12.8 Å². The average Bonchev–Trinajstić information content (AvgIpc) is 3.01. The van der Waals surface area contributed by atoms with Crippen molar-refractivity contribution >= 4 is 5.91 Å². The molecule has 1 amide bonds. The zero-order valence-corrected chi connectivity index (χ0v) is 13.5. The quantitative estimate of drug-likeness (QED) is 0.932. The van der Waals surface area contributed by atoms with E-state index in [1.807, 2.05) is 11.6 Å². The van der Waals surface area contributed by atoms with Crippen LogP contribution in [0.4, 0.5) is 0 Å². The number of rotatable bonds is 4. The highest BCUT2D eigenvalue weighted by molar-refractivity contribution is 5.95. The van der Waals surface area contributed by atoms with Gasteiger partial charge in [0.2, 0.25) is 5.88 Å². The molecule has 7 nitrogen and oxygen atoms in total. The van der Waals surface area contributed by atoms with Gasteiger partial charge in [0.15, 0.2) is 5.69 Å². The molecule has 0 radical (unpaired) electrons. The Balaban J connectivity index is 1.87. The molecule has 1 fully saturated rings. The van der Waals surface area contributed by atoms with Gasteiger partial charge in [-0.15, -0.1) is 0 Å². The maximum absolute atomic E-state index is 12.6. The third kappa shape index (κ3) is 3.33. The minimum Gasteiger partial charge on any atom is -0.479 e. The third-order valence-electron chi connectivity index (χ3n) is 4.17. The van der Waals surface area contributed by atoms with Crippen molar-refractivity contribution in [1.82, 2.24) is 24.8 Å². The molecule has 122 valence electrons. The first-order chi connectivity index (χ1) is 11.2. The molecule has 0 spiro atoms. The van der Waals surface area contributed by atoms with Crippen molar-refractivity contribution in [1.29, 1.82) is 0 Å². The van der Waals surface area contributed by atoms with E-state index in [0.717, 1.165) is 31.4 Å². The van der Waals surface area contributed by atoms with Crippen LogP contribution in [0.5, 0.6) is 5.88 Å². The van der Waals surface area contributed by atoms with Crippen LogP contribution in [0.3, 0.4) is 0 Å². The van der Waals surface area contributed by atoms with Gasteiger partial charge >= 0.3 is 0 Å². The van der Waals surface area contributed by atoms with E-state index in [1.54, 1.807) is 18.7 Å². The molecule has 23 heavy (non-hydrogen) atoms. The van der Waals surface area contributed by atoms with Crippen molar-refractivity contribution < 1.29 is 9.53 Å². The fraction of sp³-hybridized carbons (Fsp3) is 0.500. The Hall–Kier alpha value is -2.44. The van der Waals surface area contributed by atoms with Crippen LogP contribution in [0.15, 0.2) is 18.7 Å². The fourth-order valence-corrected chi connectivity index (χ4v) is 2.90. The summed E-state index contributed by atoms with van der Waals surface area (Å²) in [7, 11) is 3.36. The molecule has 3 rings (SSSR count). The summed E-state index contributed by atoms with van der Waals surface area (Å²) < 4.78 is 7.03. The summed E-state index contributed by atoms with van der Waals surface area (Å²) in [6, 6.07) is 0.211. The Labute approximate surface area is 135 Å². The van der Waals surface area contributed by atoms with E-state index in [1.165, 1.54) is 13.5 Å². The fourth-order valence-electron chi connectivity index (χ4n) is 2.90. The molecule has 1 saturated carbocycles. The molecule has 2 heterocycles. The molecule has 2 aromatic rings. The minimum absolute atomic E-state index is 0.211. The Morgan fingerprint density at radius 1 is 1.30 bits per heavy atom. The topological polar surface area (TPSA) is 81.9 Å². The molecule has 0 atom stereocenters. The van der Waals surface area contributed by atoms with E-state index in [0.29, 0.717) is 5.69 Å². The van der Waals surface area contributed by atoms with E-state index in [4.69, 9.17) is 4.74 Å². The molecule has 2 aromatic heterocycles. The first-order valence-electron chi connectivity index (χ1n) is 7.87. The summed E-state index contributed by atoms with van der Waals surface area (Å²) in [4.78, 5) is 25.3. The molecule has 0 aliphatic heterocycles. The van der Waals surface area contributed by atoms with Gasteiger partial charge in [-0.1, -0.05) is 19.3 Å². The summed E-state index contributed by atoms with van der Waals surface area (Å²) in [5.74, 6) is 0.00879. The first kappa shape index (κ1) is 15.5. The van der Waals surface area contributed by atoms with E-state index in [-0.39, 0.29) is 23.5 Å². The molecule has 0 saturated heterocycles. The second kappa shape index (κ2) is 6.76. The monoisotopic (exact) mass is 315 g/mol. The maximum atomic E-state index is 12.6. The molecular formula is C16H21N5O2. The van der Waals surface area contributed by atoms with Crippen LogP contribution in [0.1, 0.15) is 42.6 Å². The van der Waals surface area contributed by atoms with E-state index < -0.39 is 0 Å². The van der Waals surface area contributed by atoms with Crippen LogP contribution < -0.4 is 10.1 Å². The molecule has 1 aliphatic carbocycles. The summed E-state index contributed by atoms with van der Waals surface area (Å²) in [5, 5.41) is 3.05. The number of nitrogens with zero attached hydrogens (tertiary/aromatic N) is 4. The van der Waals surface area contributed by atoms with Crippen LogP contribution in [0, 0.1) is 0 Å². The van der Waals surface area contributed by atoms with Gasteiger partial charge in [0.05, 0.1) is 31.5 Å². The minimum atomic E-state index is -0.231. The molecule has 1 aliphatic rings. The molecule has 1 N–H and O–H groups in total. The smallest absolute Gasteiger partial charge is 0.275 e. The zero-order valence-electron chi connectivity index (χ0n) is 13.5. The number of nitrogens with one attached hydrogen (secondary N) is 1. The summed E-state index contributed by atoms with van der Waals surface area (Å²) in [6.07, 6.45) is 10.6. The van der Waals surface area contributed by atoms with Gasteiger partial charge in [0.1, 0.15) is 5.69 Å². The largest absolute Gasteiger partial charge is 0.479 e. The lowest BCUT2D eigenvalue weighted by atomic mass is 9.95. The van der Waals surface area contributed by atoms with Crippen molar-refractivity contribution in [2.75, 3.05) is 7.11 Å². The molecule has 7 heteroatoms. The van der Waals surface area contributed by atoms with E-state index in [2.05, 4.69) is 20.3 Å². The number of amides is 1. The predicted octanol–water partition coefficient (Wildman–Crippen LogP) is 1.95. The van der Waals surface area contributed by atoms with Crippen LogP contribution in [-0.2, 0) is 7.05 Å². The van der Waals surface area contributed by atoms with Gasteiger partial charge in [-0.25, -0.2) is 15.0 Å². The van der Waals surface area contributed by atoms with Crippen LogP contribution in [-0.4, -0.2) is 38.6 Å². The Kier molecular flexibility index (Phi) is 4.55. The van der Waals surface area contributed by atoms with Gasteiger partial charge < -0.3 is 14.6 Å². The van der Waals surface area contributed by atoms with Crippen LogP contribution >= 0.6 is 0 Å². The van der Waals surface area contributed by atoms with Crippen molar-refractivity contribution in [3.8, 4) is 17.3 Å². The molecular weight excluding hydrogens is 294 g/mol. The predicted molar refractivity (Wildman–Crippen MR) is 85.1 cm³/mol. The lowest BCUT2D eigenvalue weighted by Crippen LogP contribution is -2.37. The summed E-state index contributed by atoms with van der Waals surface area (Å²) in [6.45, 7) is 0. The second-order valence-corrected chi connectivity index (χ2v) is 5.81. The van der Waals surface area contributed by atoms with Crippen LogP contribution in [0.25, 0.3) is 11.4 Å². The number of methoxy groups -OCH3 is 1. The Bertz CT molecular complexity index is 692. The summed E-state index contributed by atoms with van der Waals surface area (Å²) >= 11 is 0. The maximum Gasteiger partial charge on any atom is 0.275 e. The SMILES string of the molecule is COc1ncc(-c2cncn2C)nc1C(=O)NC1CCCCC1. The molecule has 0 aromatic carbocycles. The summed E-state index contributed by atoms with van der Waals surface area (Å²) in [5.41, 5.74) is 1.61. The molecule has 0 bridgehead atoms. The van der Waals surface area contributed by atoms with Crippen molar-refractivity contribution in [3.63, 3.8) is 0 Å². The van der Waals surface area contributed by atoms with Gasteiger partial charge in [0.25, 0.3) is 5.91 Å². The van der Waals surface area contributed by atoms with Crippen LogP contribution in [0.2, 0.25) is 0 Å². The normalized spacial score (nSPS) is 15.4. The Morgan fingerprint density at radius 2 is 2.09 bits per heavy atom.